The molecule has 3 aromatic rings. The van der Waals surface area contributed by atoms with E-state index >= 15 is 0 Å². The highest BCUT2D eigenvalue weighted by Crippen LogP contribution is 2.23. The van der Waals surface area contributed by atoms with E-state index in [0.29, 0.717) is 11.5 Å². The van der Waals surface area contributed by atoms with E-state index in [2.05, 4.69) is 20.6 Å². The van der Waals surface area contributed by atoms with Gasteiger partial charge >= 0.3 is 0 Å². The highest BCUT2D eigenvalue weighted by Gasteiger charge is 2.15. The first kappa shape index (κ1) is 20.5. The van der Waals surface area contributed by atoms with Crippen molar-refractivity contribution in [2.24, 2.45) is 0 Å². The van der Waals surface area contributed by atoms with Gasteiger partial charge in [-0.1, -0.05) is 42.5 Å². The summed E-state index contributed by atoms with van der Waals surface area (Å²) >= 11 is 0. The maximum Gasteiger partial charge on any atom is 0.251 e. The summed E-state index contributed by atoms with van der Waals surface area (Å²) in [6.07, 6.45) is 1.79. The Morgan fingerprint density at radius 1 is 1.07 bits per heavy atom. The average Bonchev–Trinajstić information content (AvgIpc) is 2.73. The van der Waals surface area contributed by atoms with Crippen LogP contribution in [-0.4, -0.2) is 33.6 Å². The average molecular weight is 390 g/mol. The van der Waals surface area contributed by atoms with Crippen molar-refractivity contribution in [3.05, 3.63) is 77.5 Å². The van der Waals surface area contributed by atoms with Gasteiger partial charge in [0.25, 0.3) is 5.91 Å². The zero-order valence-corrected chi connectivity index (χ0v) is 16.9. The standard InChI is InChI=1S/C23H26N4O2/c1-15(2)25-23-24-13-16(3)21(27-23)18-9-11-19(12-10-18)22(29)26-20(14-28)17-7-5-4-6-8-17/h4-13,15,20,28H,14H2,1-3H3,(H,26,29)(H,24,25,27). The molecule has 0 fully saturated rings. The van der Waals surface area contributed by atoms with Crippen LogP contribution in [0.3, 0.4) is 0 Å². The van der Waals surface area contributed by atoms with Crippen LogP contribution >= 0.6 is 0 Å². The van der Waals surface area contributed by atoms with Gasteiger partial charge in [0.15, 0.2) is 0 Å². The summed E-state index contributed by atoms with van der Waals surface area (Å²) in [5, 5.41) is 15.7. The Kier molecular flexibility index (Phi) is 6.57. The van der Waals surface area contributed by atoms with Crippen molar-refractivity contribution >= 4 is 11.9 Å². The van der Waals surface area contributed by atoms with Crippen molar-refractivity contribution in [1.82, 2.24) is 15.3 Å². The topological polar surface area (TPSA) is 87.1 Å². The Morgan fingerprint density at radius 2 is 1.76 bits per heavy atom. The molecule has 0 saturated heterocycles. The fourth-order valence-electron chi connectivity index (χ4n) is 3.00. The second-order valence-corrected chi connectivity index (χ2v) is 7.22. The van der Waals surface area contributed by atoms with E-state index in [-0.39, 0.29) is 18.6 Å². The number of aromatic nitrogens is 2. The number of carbonyl (C=O) groups is 1. The van der Waals surface area contributed by atoms with Gasteiger partial charge in [-0.3, -0.25) is 4.79 Å². The van der Waals surface area contributed by atoms with Crippen LogP contribution in [0.15, 0.2) is 60.8 Å². The number of amides is 1. The minimum absolute atomic E-state index is 0.167. The summed E-state index contributed by atoms with van der Waals surface area (Å²) in [5.41, 5.74) is 4.08. The number of benzene rings is 2. The number of aliphatic hydroxyl groups is 1. The second kappa shape index (κ2) is 9.30. The molecule has 3 rings (SSSR count). The normalized spacial score (nSPS) is 11.9. The minimum atomic E-state index is -0.447. The number of aliphatic hydroxyl groups excluding tert-OH is 1. The van der Waals surface area contributed by atoms with Crippen LogP contribution in [-0.2, 0) is 0 Å². The molecule has 0 saturated carbocycles. The third-order valence-electron chi connectivity index (χ3n) is 4.50. The predicted octanol–water partition coefficient (Wildman–Crippen LogP) is 3.74. The summed E-state index contributed by atoms with van der Waals surface area (Å²) in [5.74, 6) is 0.345. The third kappa shape index (κ3) is 5.18. The maximum atomic E-state index is 12.6. The first-order chi connectivity index (χ1) is 14.0. The summed E-state index contributed by atoms with van der Waals surface area (Å²) in [4.78, 5) is 21.5. The highest BCUT2D eigenvalue weighted by molar-refractivity contribution is 5.95. The Bertz CT molecular complexity index is 956. The fraction of sp³-hybridized carbons (Fsp3) is 0.261. The number of anilines is 1. The third-order valence-corrected chi connectivity index (χ3v) is 4.50. The van der Waals surface area contributed by atoms with Gasteiger partial charge < -0.3 is 15.7 Å². The van der Waals surface area contributed by atoms with Crippen LogP contribution in [0.5, 0.6) is 0 Å². The van der Waals surface area contributed by atoms with Crippen LogP contribution in [0.25, 0.3) is 11.3 Å². The summed E-state index contributed by atoms with van der Waals surface area (Å²) in [7, 11) is 0. The van der Waals surface area contributed by atoms with Crippen LogP contribution in [0.4, 0.5) is 5.95 Å². The van der Waals surface area contributed by atoms with Crippen LogP contribution in [0.1, 0.15) is 41.4 Å². The molecule has 0 aliphatic rings. The number of aryl methyl sites for hydroxylation is 1. The number of nitrogens with one attached hydrogen (secondary N) is 2. The first-order valence-electron chi connectivity index (χ1n) is 9.65. The minimum Gasteiger partial charge on any atom is -0.394 e. The molecular formula is C23H26N4O2. The smallest absolute Gasteiger partial charge is 0.251 e. The monoisotopic (exact) mass is 390 g/mol. The molecule has 0 aliphatic heterocycles. The molecule has 2 aromatic carbocycles. The molecular weight excluding hydrogens is 364 g/mol. The molecule has 29 heavy (non-hydrogen) atoms. The van der Waals surface area contributed by atoms with Crippen molar-refractivity contribution in [3.8, 4) is 11.3 Å². The molecule has 1 aromatic heterocycles. The highest BCUT2D eigenvalue weighted by atomic mass is 16.3. The number of hydrogen-bond donors (Lipinski definition) is 3. The molecule has 0 spiro atoms. The largest absolute Gasteiger partial charge is 0.394 e. The molecule has 1 unspecified atom stereocenters. The van der Waals surface area contributed by atoms with Crippen molar-refractivity contribution in [1.29, 1.82) is 0 Å². The Hall–Kier alpha value is -3.25. The lowest BCUT2D eigenvalue weighted by molar-refractivity contribution is 0.0916. The van der Waals surface area contributed by atoms with Crippen LogP contribution < -0.4 is 10.6 Å². The van der Waals surface area contributed by atoms with Gasteiger partial charge in [0, 0.05) is 23.4 Å². The van der Waals surface area contributed by atoms with E-state index in [0.717, 1.165) is 22.4 Å². The number of hydrogen-bond acceptors (Lipinski definition) is 5. The van der Waals surface area contributed by atoms with E-state index < -0.39 is 6.04 Å². The van der Waals surface area contributed by atoms with E-state index in [1.54, 1.807) is 18.3 Å². The van der Waals surface area contributed by atoms with E-state index in [1.807, 2.05) is 63.2 Å². The molecule has 0 bridgehead atoms. The van der Waals surface area contributed by atoms with E-state index in [4.69, 9.17) is 0 Å². The van der Waals surface area contributed by atoms with Gasteiger partial charge in [0.1, 0.15) is 0 Å². The second-order valence-electron chi connectivity index (χ2n) is 7.22. The van der Waals surface area contributed by atoms with Gasteiger partial charge in [0.05, 0.1) is 18.3 Å². The Balaban J connectivity index is 1.77. The molecule has 1 atom stereocenters. The van der Waals surface area contributed by atoms with Gasteiger partial charge in [0.2, 0.25) is 5.95 Å². The molecule has 1 heterocycles. The summed E-state index contributed by atoms with van der Waals surface area (Å²) < 4.78 is 0. The van der Waals surface area contributed by atoms with Gasteiger partial charge in [-0.15, -0.1) is 0 Å². The SMILES string of the molecule is Cc1cnc(NC(C)C)nc1-c1ccc(C(=O)NC(CO)c2ccccc2)cc1. The lowest BCUT2D eigenvalue weighted by Crippen LogP contribution is -2.30. The number of carbonyl (C=O) groups excluding carboxylic acids is 1. The molecule has 3 N–H and O–H groups in total. The fourth-order valence-corrected chi connectivity index (χ4v) is 3.00. The zero-order valence-electron chi connectivity index (χ0n) is 16.9. The van der Waals surface area contributed by atoms with E-state index in [1.165, 1.54) is 0 Å². The summed E-state index contributed by atoms with van der Waals surface area (Å²) in [6.45, 7) is 5.86. The van der Waals surface area contributed by atoms with Gasteiger partial charge in [-0.2, -0.15) is 0 Å². The van der Waals surface area contributed by atoms with Crippen LogP contribution in [0.2, 0.25) is 0 Å². The molecule has 0 radical (unpaired) electrons. The lowest BCUT2D eigenvalue weighted by atomic mass is 10.0. The number of nitrogens with zero attached hydrogens (tertiary/aromatic N) is 2. The molecule has 6 nitrogen and oxygen atoms in total. The van der Waals surface area contributed by atoms with E-state index in [9.17, 15) is 9.90 Å². The Labute approximate surface area is 171 Å². The first-order valence-corrected chi connectivity index (χ1v) is 9.65. The molecule has 1 amide bonds. The predicted molar refractivity (Wildman–Crippen MR) is 115 cm³/mol. The Morgan fingerprint density at radius 3 is 2.38 bits per heavy atom. The van der Waals surface area contributed by atoms with Crippen molar-refractivity contribution in [3.63, 3.8) is 0 Å². The van der Waals surface area contributed by atoms with Crippen LogP contribution in [0, 0.1) is 6.92 Å². The molecule has 0 aliphatic carbocycles. The van der Waals surface area contributed by atoms with Crippen molar-refractivity contribution < 1.29 is 9.90 Å². The zero-order chi connectivity index (χ0) is 20.8. The molecule has 150 valence electrons. The van der Waals surface area contributed by atoms with Gasteiger partial charge in [-0.05, 0) is 44.0 Å². The van der Waals surface area contributed by atoms with Crippen molar-refractivity contribution in [2.75, 3.05) is 11.9 Å². The quantitative estimate of drug-likeness (QED) is 0.572. The number of rotatable bonds is 7. The van der Waals surface area contributed by atoms with Gasteiger partial charge in [-0.25, -0.2) is 9.97 Å². The summed E-state index contributed by atoms with van der Waals surface area (Å²) in [6, 6.07) is 16.5. The maximum absolute atomic E-state index is 12.6. The van der Waals surface area contributed by atoms with Crippen molar-refractivity contribution in [2.45, 2.75) is 32.9 Å². The lowest BCUT2D eigenvalue weighted by Gasteiger charge is -2.17. The molecule has 6 heteroatoms.